The molecule has 7 heteroatoms. The van der Waals surface area contributed by atoms with E-state index < -0.39 is 10.0 Å². The molecule has 0 spiro atoms. The molecule has 1 saturated heterocycles. The zero-order valence-electron chi connectivity index (χ0n) is 12.6. The summed E-state index contributed by atoms with van der Waals surface area (Å²) in [7, 11) is -3.47. The summed E-state index contributed by atoms with van der Waals surface area (Å²) >= 11 is 1.49. The highest BCUT2D eigenvalue weighted by atomic mass is 32.2. The molecular weight excluding hydrogens is 308 g/mol. The Balaban J connectivity index is 2.05. The van der Waals surface area contributed by atoms with Gasteiger partial charge in [0.05, 0.1) is 6.10 Å². The highest BCUT2D eigenvalue weighted by Gasteiger charge is 2.24. The Morgan fingerprint density at radius 3 is 2.90 bits per heavy atom. The molecule has 120 valence electrons. The standard InChI is InChI=1S/C14H24N2O3S2/c1-3-15-9-13-14(11(2)10-20-13)21(17,18)16-8-12-6-4-5-7-19-12/h10,12,15-16H,3-9H2,1-2H3. The predicted molar refractivity (Wildman–Crippen MR) is 85.2 cm³/mol. The highest BCUT2D eigenvalue weighted by Crippen LogP contribution is 2.26. The molecule has 1 aliphatic heterocycles. The van der Waals surface area contributed by atoms with Gasteiger partial charge in [-0.25, -0.2) is 13.1 Å². The second-order valence-electron chi connectivity index (χ2n) is 5.29. The van der Waals surface area contributed by atoms with Crippen molar-refractivity contribution in [2.24, 2.45) is 0 Å². The lowest BCUT2D eigenvalue weighted by Crippen LogP contribution is -2.36. The van der Waals surface area contributed by atoms with Crippen LogP contribution < -0.4 is 10.0 Å². The van der Waals surface area contributed by atoms with E-state index in [2.05, 4.69) is 10.0 Å². The number of ether oxygens (including phenoxy) is 1. The second kappa shape index (κ2) is 7.69. The van der Waals surface area contributed by atoms with Gasteiger partial charge in [-0.15, -0.1) is 11.3 Å². The fourth-order valence-electron chi connectivity index (χ4n) is 2.45. The van der Waals surface area contributed by atoms with Crippen LogP contribution in [0.3, 0.4) is 0 Å². The molecule has 0 amide bonds. The topological polar surface area (TPSA) is 67.4 Å². The molecule has 1 fully saturated rings. The molecule has 2 N–H and O–H groups in total. The molecule has 5 nitrogen and oxygen atoms in total. The highest BCUT2D eigenvalue weighted by molar-refractivity contribution is 7.89. The zero-order valence-corrected chi connectivity index (χ0v) is 14.3. The fourth-order valence-corrected chi connectivity index (χ4v) is 5.29. The molecule has 0 saturated carbocycles. The summed E-state index contributed by atoms with van der Waals surface area (Å²) in [5, 5.41) is 5.09. The maximum atomic E-state index is 12.6. The average Bonchev–Trinajstić information content (AvgIpc) is 2.86. The number of hydrogen-bond acceptors (Lipinski definition) is 5. The van der Waals surface area contributed by atoms with Gasteiger partial charge in [-0.1, -0.05) is 6.92 Å². The van der Waals surface area contributed by atoms with E-state index in [0.717, 1.165) is 42.9 Å². The predicted octanol–water partition coefficient (Wildman–Crippen LogP) is 2.01. The first-order valence-corrected chi connectivity index (χ1v) is 9.80. The largest absolute Gasteiger partial charge is 0.377 e. The quantitative estimate of drug-likeness (QED) is 0.801. The van der Waals surface area contributed by atoms with E-state index in [9.17, 15) is 8.42 Å². The molecule has 2 rings (SSSR count). The SMILES string of the molecule is CCNCc1scc(C)c1S(=O)(=O)NCC1CCCCO1. The Hall–Kier alpha value is -0.470. The molecule has 1 atom stereocenters. The van der Waals surface area contributed by atoms with Crippen LogP contribution in [0.25, 0.3) is 0 Å². The molecule has 2 heterocycles. The smallest absolute Gasteiger partial charge is 0.242 e. The van der Waals surface area contributed by atoms with Gasteiger partial charge in [-0.05, 0) is 43.7 Å². The van der Waals surface area contributed by atoms with Crippen molar-refractivity contribution in [2.75, 3.05) is 19.7 Å². The van der Waals surface area contributed by atoms with E-state index in [1.807, 2.05) is 19.2 Å². The number of hydrogen-bond donors (Lipinski definition) is 2. The molecular formula is C14H24N2O3S2. The van der Waals surface area contributed by atoms with Crippen molar-refractivity contribution in [3.05, 3.63) is 15.8 Å². The number of aryl methyl sites for hydroxylation is 1. The van der Waals surface area contributed by atoms with Crippen LogP contribution in [0.4, 0.5) is 0 Å². The summed E-state index contributed by atoms with van der Waals surface area (Å²) < 4.78 is 33.4. The molecule has 1 unspecified atom stereocenters. The van der Waals surface area contributed by atoms with Crippen LogP contribution in [0.15, 0.2) is 10.3 Å². The Morgan fingerprint density at radius 1 is 1.43 bits per heavy atom. The first kappa shape index (κ1) is 16.9. The van der Waals surface area contributed by atoms with Gasteiger partial charge in [0.25, 0.3) is 0 Å². The third-order valence-electron chi connectivity index (χ3n) is 3.57. The Morgan fingerprint density at radius 2 is 2.24 bits per heavy atom. The third-order valence-corrected chi connectivity index (χ3v) is 6.45. The summed E-state index contributed by atoms with van der Waals surface area (Å²) in [5.74, 6) is 0. The lowest BCUT2D eigenvalue weighted by Gasteiger charge is -2.22. The molecule has 1 aliphatic rings. The zero-order chi connectivity index (χ0) is 15.3. The van der Waals surface area contributed by atoms with Gasteiger partial charge in [0.2, 0.25) is 10.0 Å². The van der Waals surface area contributed by atoms with E-state index in [-0.39, 0.29) is 6.10 Å². The average molecular weight is 332 g/mol. The first-order valence-electron chi connectivity index (χ1n) is 7.43. The fraction of sp³-hybridized carbons (Fsp3) is 0.714. The molecule has 0 bridgehead atoms. The lowest BCUT2D eigenvalue weighted by molar-refractivity contribution is 0.0200. The van der Waals surface area contributed by atoms with Gasteiger partial charge in [0.15, 0.2) is 0 Å². The van der Waals surface area contributed by atoms with Crippen molar-refractivity contribution in [3.63, 3.8) is 0 Å². The van der Waals surface area contributed by atoms with Gasteiger partial charge >= 0.3 is 0 Å². The Bertz CT molecular complexity index is 549. The van der Waals surface area contributed by atoms with E-state index in [0.29, 0.717) is 18.0 Å². The van der Waals surface area contributed by atoms with Gasteiger partial charge in [-0.2, -0.15) is 0 Å². The summed E-state index contributed by atoms with van der Waals surface area (Å²) in [5.41, 5.74) is 0.810. The van der Waals surface area contributed by atoms with Crippen molar-refractivity contribution in [2.45, 2.75) is 50.7 Å². The number of nitrogens with one attached hydrogen (secondary N) is 2. The van der Waals surface area contributed by atoms with Crippen LogP contribution in [0.5, 0.6) is 0 Å². The van der Waals surface area contributed by atoms with Crippen molar-refractivity contribution < 1.29 is 13.2 Å². The maximum absolute atomic E-state index is 12.6. The van der Waals surface area contributed by atoms with Crippen LogP contribution >= 0.6 is 11.3 Å². The number of rotatable bonds is 7. The van der Waals surface area contributed by atoms with E-state index in [1.54, 1.807) is 0 Å². The molecule has 1 aromatic heterocycles. The first-order chi connectivity index (χ1) is 10.0. The normalized spacial score (nSPS) is 19.8. The van der Waals surface area contributed by atoms with Crippen molar-refractivity contribution in [1.82, 2.24) is 10.0 Å². The number of sulfonamides is 1. The molecule has 0 aromatic carbocycles. The summed E-state index contributed by atoms with van der Waals surface area (Å²) in [4.78, 5) is 1.30. The maximum Gasteiger partial charge on any atom is 0.242 e. The molecule has 0 radical (unpaired) electrons. The van der Waals surface area contributed by atoms with E-state index in [4.69, 9.17) is 4.74 Å². The molecule has 0 aliphatic carbocycles. The second-order valence-corrected chi connectivity index (χ2v) is 7.96. The summed E-state index contributed by atoms with van der Waals surface area (Å²) in [6.45, 7) is 6.35. The Kier molecular flexibility index (Phi) is 6.19. The van der Waals surface area contributed by atoms with Crippen molar-refractivity contribution in [3.8, 4) is 0 Å². The van der Waals surface area contributed by atoms with Crippen LogP contribution in [0.2, 0.25) is 0 Å². The number of thiophene rings is 1. The molecule has 1 aromatic rings. The minimum atomic E-state index is -3.47. The summed E-state index contributed by atoms with van der Waals surface area (Å²) in [6.07, 6.45) is 3.11. The van der Waals surface area contributed by atoms with E-state index >= 15 is 0 Å². The van der Waals surface area contributed by atoms with Crippen molar-refractivity contribution >= 4 is 21.4 Å². The molecule has 21 heavy (non-hydrogen) atoms. The van der Waals surface area contributed by atoms with Crippen LogP contribution in [-0.2, 0) is 21.3 Å². The lowest BCUT2D eigenvalue weighted by atomic mass is 10.1. The minimum Gasteiger partial charge on any atom is -0.377 e. The van der Waals surface area contributed by atoms with Crippen LogP contribution in [0.1, 0.15) is 36.6 Å². The Labute approximate surface area is 131 Å². The van der Waals surface area contributed by atoms with Crippen molar-refractivity contribution in [1.29, 1.82) is 0 Å². The minimum absolute atomic E-state index is 0.00434. The van der Waals surface area contributed by atoms with Gasteiger partial charge in [0.1, 0.15) is 4.90 Å². The van der Waals surface area contributed by atoms with Crippen LogP contribution in [-0.4, -0.2) is 34.2 Å². The van der Waals surface area contributed by atoms with Gasteiger partial charge in [-0.3, -0.25) is 0 Å². The van der Waals surface area contributed by atoms with Crippen LogP contribution in [0, 0.1) is 6.92 Å². The monoisotopic (exact) mass is 332 g/mol. The third kappa shape index (κ3) is 4.50. The van der Waals surface area contributed by atoms with Gasteiger partial charge < -0.3 is 10.1 Å². The van der Waals surface area contributed by atoms with E-state index in [1.165, 1.54) is 11.3 Å². The summed E-state index contributed by atoms with van der Waals surface area (Å²) in [6, 6.07) is 0. The van der Waals surface area contributed by atoms with Gasteiger partial charge in [0, 0.05) is 24.6 Å².